The van der Waals surface area contributed by atoms with Crippen molar-refractivity contribution in [3.8, 4) is 0 Å². The van der Waals surface area contributed by atoms with E-state index in [4.69, 9.17) is 20.4 Å². The molecule has 98 valence electrons. The van der Waals surface area contributed by atoms with Crippen LogP contribution in [0.15, 0.2) is 35.5 Å². The molecule has 1 aliphatic heterocycles. The average molecular weight is 250 g/mol. The molecule has 0 bridgehead atoms. The Morgan fingerprint density at radius 2 is 2.17 bits per heavy atom. The van der Waals surface area contributed by atoms with Crippen LogP contribution in [0.5, 0.6) is 0 Å². The Morgan fingerprint density at radius 3 is 2.78 bits per heavy atom. The normalized spacial score (nSPS) is 22.7. The number of oxime groups is 1. The summed E-state index contributed by atoms with van der Waals surface area (Å²) in [5.74, 6) is 0.0374. The van der Waals surface area contributed by atoms with E-state index in [1.807, 2.05) is 30.3 Å². The average Bonchev–Trinajstić information content (AvgIpc) is 2.46. The van der Waals surface area contributed by atoms with E-state index in [9.17, 15) is 0 Å². The zero-order valence-electron chi connectivity index (χ0n) is 10.2. The molecule has 3 N–H and O–H groups in total. The standard InChI is InChI=1S/C13H18N2O3/c14-13(15-16)12(10-6-2-1-3-7-10)18-11-8-4-5-9-17-11/h1-3,6-7,11-12,16H,4-5,8-9H2,(H2,14,15)/t11-,12+/m1/s1. The summed E-state index contributed by atoms with van der Waals surface area (Å²) < 4.78 is 11.3. The number of hydrogen-bond donors (Lipinski definition) is 2. The minimum atomic E-state index is -0.570. The molecule has 0 radical (unpaired) electrons. The summed E-state index contributed by atoms with van der Waals surface area (Å²) in [6, 6.07) is 9.44. The first-order valence-electron chi connectivity index (χ1n) is 6.10. The van der Waals surface area contributed by atoms with Crippen molar-refractivity contribution in [2.45, 2.75) is 31.7 Å². The van der Waals surface area contributed by atoms with E-state index in [0.29, 0.717) is 6.61 Å². The molecular formula is C13H18N2O3. The van der Waals surface area contributed by atoms with Gasteiger partial charge in [0.05, 0.1) is 0 Å². The molecular weight excluding hydrogens is 232 g/mol. The fourth-order valence-electron chi connectivity index (χ4n) is 1.97. The molecule has 1 heterocycles. The highest BCUT2D eigenvalue weighted by Crippen LogP contribution is 2.24. The highest BCUT2D eigenvalue weighted by atomic mass is 16.7. The topological polar surface area (TPSA) is 77.1 Å². The Labute approximate surface area is 106 Å². The number of amidine groups is 1. The van der Waals surface area contributed by atoms with Gasteiger partial charge in [-0.15, -0.1) is 0 Å². The number of hydrogen-bond acceptors (Lipinski definition) is 4. The Balaban J connectivity index is 2.10. The van der Waals surface area contributed by atoms with Gasteiger partial charge in [-0.05, 0) is 24.8 Å². The molecule has 0 saturated carbocycles. The summed E-state index contributed by atoms with van der Waals surface area (Å²) in [5, 5.41) is 11.9. The molecule has 1 aromatic rings. The molecule has 18 heavy (non-hydrogen) atoms. The van der Waals surface area contributed by atoms with Crippen molar-refractivity contribution >= 4 is 5.84 Å². The molecule has 0 unspecified atom stereocenters. The minimum Gasteiger partial charge on any atom is -0.409 e. The summed E-state index contributed by atoms with van der Waals surface area (Å²) in [6.07, 6.45) is 2.10. The Morgan fingerprint density at radius 1 is 1.39 bits per heavy atom. The highest BCUT2D eigenvalue weighted by Gasteiger charge is 2.24. The smallest absolute Gasteiger partial charge is 0.173 e. The lowest BCUT2D eigenvalue weighted by molar-refractivity contribution is -0.176. The van der Waals surface area contributed by atoms with Crippen LogP contribution >= 0.6 is 0 Å². The predicted molar refractivity (Wildman–Crippen MR) is 67.3 cm³/mol. The second-order valence-electron chi connectivity index (χ2n) is 4.25. The van der Waals surface area contributed by atoms with Crippen molar-refractivity contribution in [2.75, 3.05) is 6.61 Å². The summed E-state index contributed by atoms with van der Waals surface area (Å²) in [7, 11) is 0. The van der Waals surface area contributed by atoms with Gasteiger partial charge < -0.3 is 20.4 Å². The number of nitrogens with two attached hydrogens (primary N) is 1. The van der Waals surface area contributed by atoms with Crippen LogP contribution in [0.3, 0.4) is 0 Å². The van der Waals surface area contributed by atoms with Gasteiger partial charge >= 0.3 is 0 Å². The fraction of sp³-hybridized carbons (Fsp3) is 0.462. The maximum Gasteiger partial charge on any atom is 0.173 e. The molecule has 0 spiro atoms. The third-order valence-electron chi connectivity index (χ3n) is 2.91. The molecule has 1 saturated heterocycles. The van der Waals surface area contributed by atoms with E-state index in [1.165, 1.54) is 0 Å². The molecule has 0 aromatic heterocycles. The Bertz CT molecular complexity index is 388. The van der Waals surface area contributed by atoms with E-state index < -0.39 is 6.10 Å². The van der Waals surface area contributed by atoms with Gasteiger partial charge in [-0.1, -0.05) is 35.5 Å². The third kappa shape index (κ3) is 3.21. The van der Waals surface area contributed by atoms with Crippen LogP contribution in [-0.4, -0.2) is 23.9 Å². The SMILES string of the molecule is N/C(=N\O)[C@@H](O[C@@H]1CCCCO1)c1ccccc1. The lowest BCUT2D eigenvalue weighted by Crippen LogP contribution is -2.31. The molecule has 1 fully saturated rings. The number of benzene rings is 1. The van der Waals surface area contributed by atoms with Gasteiger partial charge in [0.15, 0.2) is 12.1 Å². The Kier molecular flexibility index (Phi) is 4.55. The predicted octanol–water partition coefficient (Wildman–Crippen LogP) is 2.02. The van der Waals surface area contributed by atoms with Gasteiger partial charge in [-0.2, -0.15) is 0 Å². The van der Waals surface area contributed by atoms with Crippen molar-refractivity contribution in [1.82, 2.24) is 0 Å². The number of rotatable bonds is 4. The van der Waals surface area contributed by atoms with Crippen molar-refractivity contribution in [3.05, 3.63) is 35.9 Å². The van der Waals surface area contributed by atoms with Gasteiger partial charge in [0.2, 0.25) is 0 Å². The first kappa shape index (κ1) is 12.9. The van der Waals surface area contributed by atoms with Crippen LogP contribution in [0.4, 0.5) is 0 Å². The maximum absolute atomic E-state index is 8.84. The third-order valence-corrected chi connectivity index (χ3v) is 2.91. The minimum absolute atomic E-state index is 0.0374. The first-order valence-corrected chi connectivity index (χ1v) is 6.10. The molecule has 1 aliphatic rings. The van der Waals surface area contributed by atoms with E-state index in [0.717, 1.165) is 24.8 Å². The van der Waals surface area contributed by atoms with Crippen molar-refractivity contribution in [2.24, 2.45) is 10.9 Å². The summed E-state index contributed by atoms with van der Waals surface area (Å²) in [6.45, 7) is 0.697. The molecule has 0 amide bonds. The number of ether oxygens (including phenoxy) is 2. The zero-order valence-corrected chi connectivity index (χ0v) is 10.2. The van der Waals surface area contributed by atoms with Crippen molar-refractivity contribution in [3.63, 3.8) is 0 Å². The van der Waals surface area contributed by atoms with E-state index in [-0.39, 0.29) is 12.1 Å². The van der Waals surface area contributed by atoms with Crippen LogP contribution < -0.4 is 5.73 Å². The van der Waals surface area contributed by atoms with Crippen molar-refractivity contribution < 1.29 is 14.7 Å². The zero-order chi connectivity index (χ0) is 12.8. The second-order valence-corrected chi connectivity index (χ2v) is 4.25. The molecule has 2 atom stereocenters. The quantitative estimate of drug-likeness (QED) is 0.371. The van der Waals surface area contributed by atoms with E-state index in [1.54, 1.807) is 0 Å². The fourth-order valence-corrected chi connectivity index (χ4v) is 1.97. The maximum atomic E-state index is 8.84. The monoisotopic (exact) mass is 250 g/mol. The summed E-state index contributed by atoms with van der Waals surface area (Å²) in [4.78, 5) is 0. The van der Waals surface area contributed by atoms with E-state index >= 15 is 0 Å². The van der Waals surface area contributed by atoms with Gasteiger partial charge in [0.1, 0.15) is 6.10 Å². The largest absolute Gasteiger partial charge is 0.409 e. The molecule has 0 aliphatic carbocycles. The van der Waals surface area contributed by atoms with Crippen LogP contribution in [0, 0.1) is 0 Å². The summed E-state index contributed by atoms with van der Waals surface area (Å²) in [5.41, 5.74) is 6.53. The molecule has 5 nitrogen and oxygen atoms in total. The van der Waals surface area contributed by atoms with Crippen LogP contribution in [0.1, 0.15) is 30.9 Å². The number of nitrogens with zero attached hydrogens (tertiary/aromatic N) is 1. The van der Waals surface area contributed by atoms with Crippen LogP contribution in [-0.2, 0) is 9.47 Å². The Hall–Kier alpha value is -1.59. The van der Waals surface area contributed by atoms with Gasteiger partial charge in [0, 0.05) is 6.61 Å². The summed E-state index contributed by atoms with van der Waals surface area (Å²) >= 11 is 0. The van der Waals surface area contributed by atoms with Crippen LogP contribution in [0.2, 0.25) is 0 Å². The molecule has 5 heteroatoms. The highest BCUT2D eigenvalue weighted by molar-refractivity contribution is 5.85. The second kappa shape index (κ2) is 6.37. The van der Waals surface area contributed by atoms with Crippen LogP contribution in [0.25, 0.3) is 0 Å². The molecule has 2 rings (SSSR count). The van der Waals surface area contributed by atoms with Gasteiger partial charge in [0.25, 0.3) is 0 Å². The lowest BCUT2D eigenvalue weighted by atomic mass is 10.1. The first-order chi connectivity index (χ1) is 8.81. The van der Waals surface area contributed by atoms with E-state index in [2.05, 4.69) is 5.16 Å². The van der Waals surface area contributed by atoms with Crippen molar-refractivity contribution in [1.29, 1.82) is 0 Å². The molecule has 1 aromatic carbocycles. The van der Waals surface area contributed by atoms with Gasteiger partial charge in [-0.3, -0.25) is 0 Å². The van der Waals surface area contributed by atoms with Gasteiger partial charge in [-0.25, -0.2) is 0 Å². The lowest BCUT2D eigenvalue weighted by Gasteiger charge is -2.27.